The van der Waals surface area contributed by atoms with Crippen LogP contribution in [0.4, 0.5) is 13.2 Å². The average Bonchev–Trinajstić information content (AvgIpc) is 3.10. The van der Waals surface area contributed by atoms with Gasteiger partial charge in [0.2, 0.25) is 0 Å². The summed E-state index contributed by atoms with van der Waals surface area (Å²) in [7, 11) is 0. The van der Waals surface area contributed by atoms with Crippen LogP contribution in [-0.2, 0) is 9.53 Å². The summed E-state index contributed by atoms with van der Waals surface area (Å²) in [6, 6.07) is 3.79. The highest BCUT2D eigenvalue weighted by Crippen LogP contribution is 2.35. The lowest BCUT2D eigenvalue weighted by Crippen LogP contribution is -2.32. The number of ether oxygens (including phenoxy) is 1. The van der Waals surface area contributed by atoms with Gasteiger partial charge >= 0.3 is 6.36 Å². The van der Waals surface area contributed by atoms with Crippen molar-refractivity contribution in [1.29, 1.82) is 0 Å². The van der Waals surface area contributed by atoms with Gasteiger partial charge in [-0.15, -0.1) is 13.2 Å². The molecule has 27 heavy (non-hydrogen) atoms. The van der Waals surface area contributed by atoms with Gasteiger partial charge in [0.05, 0.1) is 5.57 Å². The van der Waals surface area contributed by atoms with Crippen LogP contribution in [0, 0.1) is 12.3 Å². The van der Waals surface area contributed by atoms with E-state index in [1.54, 1.807) is 23.7 Å². The van der Waals surface area contributed by atoms with Crippen LogP contribution in [0.25, 0.3) is 0 Å². The third-order valence-corrected chi connectivity index (χ3v) is 4.92. The van der Waals surface area contributed by atoms with E-state index < -0.39 is 12.3 Å². The number of aromatic nitrogens is 1. The lowest BCUT2D eigenvalue weighted by atomic mass is 9.89. The minimum absolute atomic E-state index is 0.0511. The quantitative estimate of drug-likeness (QED) is 0.780. The third-order valence-electron chi connectivity index (χ3n) is 4.92. The van der Waals surface area contributed by atoms with Gasteiger partial charge in [-0.3, -0.25) is 9.78 Å². The minimum atomic E-state index is -4.83. The summed E-state index contributed by atoms with van der Waals surface area (Å²) >= 11 is 0. The number of halogens is 3. The first kappa shape index (κ1) is 19.5. The van der Waals surface area contributed by atoms with E-state index in [4.69, 9.17) is 0 Å². The highest BCUT2D eigenvalue weighted by atomic mass is 19.4. The molecular formula is C20H22F3N2O2. The van der Waals surface area contributed by atoms with Crippen LogP contribution >= 0.6 is 0 Å². The average molecular weight is 379 g/mol. The highest BCUT2D eigenvalue weighted by Gasteiger charge is 2.37. The number of rotatable bonds is 4. The Labute approximate surface area is 156 Å². The summed E-state index contributed by atoms with van der Waals surface area (Å²) in [4.78, 5) is 18.6. The van der Waals surface area contributed by atoms with Crippen LogP contribution in [0.5, 0.6) is 0 Å². The van der Waals surface area contributed by atoms with E-state index in [0.717, 1.165) is 17.6 Å². The molecule has 1 aliphatic carbocycles. The van der Waals surface area contributed by atoms with Gasteiger partial charge in [-0.1, -0.05) is 25.5 Å². The van der Waals surface area contributed by atoms with Gasteiger partial charge in [0.1, 0.15) is 5.76 Å². The van der Waals surface area contributed by atoms with Crippen molar-refractivity contribution in [2.45, 2.75) is 39.0 Å². The van der Waals surface area contributed by atoms with Crippen molar-refractivity contribution in [3.63, 3.8) is 0 Å². The summed E-state index contributed by atoms with van der Waals surface area (Å²) in [6.07, 6.45) is 2.66. The zero-order valence-corrected chi connectivity index (χ0v) is 15.3. The molecule has 1 atom stereocenters. The van der Waals surface area contributed by atoms with Crippen molar-refractivity contribution in [1.82, 2.24) is 9.88 Å². The molecule has 2 aliphatic rings. The van der Waals surface area contributed by atoms with Gasteiger partial charge in [0, 0.05) is 31.4 Å². The molecule has 1 unspecified atom stereocenters. The predicted octanol–water partition coefficient (Wildman–Crippen LogP) is 4.38. The molecule has 1 radical (unpaired) electrons. The molecule has 2 heterocycles. The second-order valence-corrected chi connectivity index (χ2v) is 7.12. The van der Waals surface area contributed by atoms with Crippen molar-refractivity contribution < 1.29 is 22.7 Å². The molecule has 7 heteroatoms. The van der Waals surface area contributed by atoms with Crippen LogP contribution in [0.3, 0.4) is 0 Å². The standard InChI is InChI=1S/C20H22F3N2O2/c1-13(2)14-5-6-17(18(10-14)27-20(21,22)23)19(26)25-9-7-16(12-25)15-4-3-8-24-11-15/h3-5,8,10-11,13,16H,6-7,9,12H2,1-2H3. The fourth-order valence-electron chi connectivity index (χ4n) is 3.45. The summed E-state index contributed by atoms with van der Waals surface area (Å²) < 4.78 is 42.7. The van der Waals surface area contributed by atoms with E-state index in [-0.39, 0.29) is 29.6 Å². The Bertz CT molecular complexity index is 754. The molecule has 0 spiro atoms. The molecular weight excluding hydrogens is 357 g/mol. The number of allylic oxidation sites excluding steroid dienone is 2. The zero-order valence-electron chi connectivity index (χ0n) is 15.3. The largest absolute Gasteiger partial charge is 0.573 e. The summed E-state index contributed by atoms with van der Waals surface area (Å²) in [6.45, 7) is 4.74. The summed E-state index contributed by atoms with van der Waals surface area (Å²) in [5.41, 5.74) is 1.83. The number of nitrogens with zero attached hydrogens (tertiary/aromatic N) is 2. The van der Waals surface area contributed by atoms with Crippen molar-refractivity contribution in [2.75, 3.05) is 13.1 Å². The van der Waals surface area contributed by atoms with Crippen LogP contribution in [-0.4, -0.2) is 35.2 Å². The van der Waals surface area contributed by atoms with Crippen molar-refractivity contribution in [3.05, 3.63) is 59.5 Å². The Hall–Kier alpha value is -2.31. The Balaban J connectivity index is 1.81. The molecule has 3 rings (SSSR count). The van der Waals surface area contributed by atoms with Crippen molar-refractivity contribution in [2.24, 2.45) is 5.92 Å². The predicted molar refractivity (Wildman–Crippen MR) is 94.2 cm³/mol. The van der Waals surface area contributed by atoms with Crippen LogP contribution in [0.15, 0.2) is 47.5 Å². The Morgan fingerprint density at radius 2 is 2.15 bits per heavy atom. The van der Waals surface area contributed by atoms with E-state index in [0.29, 0.717) is 13.1 Å². The van der Waals surface area contributed by atoms with E-state index in [9.17, 15) is 18.0 Å². The van der Waals surface area contributed by atoms with Crippen molar-refractivity contribution >= 4 is 5.91 Å². The number of hydrogen-bond donors (Lipinski definition) is 0. The van der Waals surface area contributed by atoms with E-state index in [1.165, 1.54) is 6.08 Å². The number of carbonyl (C=O) groups excluding carboxylic acids is 1. The number of pyridine rings is 1. The fourth-order valence-corrected chi connectivity index (χ4v) is 3.45. The maximum Gasteiger partial charge on any atom is 0.573 e. The molecule has 4 nitrogen and oxygen atoms in total. The van der Waals surface area contributed by atoms with Gasteiger partial charge in [0.15, 0.2) is 0 Å². The monoisotopic (exact) mass is 379 g/mol. The van der Waals surface area contributed by atoms with E-state index in [1.807, 2.05) is 26.0 Å². The minimum Gasteiger partial charge on any atom is -0.405 e. The number of alkyl halides is 3. The van der Waals surface area contributed by atoms with Crippen molar-refractivity contribution in [3.8, 4) is 0 Å². The first-order valence-electron chi connectivity index (χ1n) is 8.97. The molecule has 1 fully saturated rings. The van der Waals surface area contributed by atoms with Crippen LogP contribution in [0.1, 0.15) is 38.2 Å². The normalized spacial score (nSPS) is 20.9. The Morgan fingerprint density at radius 3 is 2.78 bits per heavy atom. The number of carbonyl (C=O) groups is 1. The van der Waals surface area contributed by atoms with Gasteiger partial charge in [-0.25, -0.2) is 0 Å². The molecule has 0 aromatic carbocycles. The lowest BCUT2D eigenvalue weighted by Gasteiger charge is -2.25. The Kier molecular flexibility index (Phi) is 5.58. The SMILES string of the molecule is CC(C)C1=CC(OC(F)(F)F)=C(C(=O)N2CCC(c3cccnc3)C2)C[CH]1. The Morgan fingerprint density at radius 1 is 1.37 bits per heavy atom. The molecule has 1 aliphatic heterocycles. The van der Waals surface area contributed by atoms with Gasteiger partial charge in [0.25, 0.3) is 5.91 Å². The van der Waals surface area contributed by atoms with E-state index in [2.05, 4.69) is 9.72 Å². The first-order chi connectivity index (χ1) is 12.7. The third kappa shape index (κ3) is 4.70. The highest BCUT2D eigenvalue weighted by molar-refractivity contribution is 5.95. The lowest BCUT2D eigenvalue weighted by molar-refractivity contribution is -0.303. The molecule has 1 saturated heterocycles. The number of likely N-dealkylation sites (tertiary alicyclic amines) is 1. The van der Waals surface area contributed by atoms with Crippen LogP contribution < -0.4 is 0 Å². The zero-order chi connectivity index (χ0) is 19.6. The molecule has 145 valence electrons. The topological polar surface area (TPSA) is 42.4 Å². The molecule has 0 saturated carbocycles. The maximum atomic E-state index is 12.9. The van der Waals surface area contributed by atoms with Gasteiger partial charge < -0.3 is 9.64 Å². The molecule has 1 aromatic rings. The number of hydrogen-bond acceptors (Lipinski definition) is 3. The second-order valence-electron chi connectivity index (χ2n) is 7.12. The van der Waals surface area contributed by atoms with Crippen LogP contribution in [0.2, 0.25) is 0 Å². The molecule has 0 N–H and O–H groups in total. The smallest absolute Gasteiger partial charge is 0.405 e. The second kappa shape index (κ2) is 7.74. The summed E-state index contributed by atoms with van der Waals surface area (Å²) in [5.74, 6) is -0.584. The van der Waals surface area contributed by atoms with E-state index >= 15 is 0 Å². The number of amides is 1. The molecule has 1 aromatic heterocycles. The van der Waals surface area contributed by atoms with Gasteiger partial charge in [-0.2, -0.15) is 0 Å². The summed E-state index contributed by atoms with van der Waals surface area (Å²) in [5, 5.41) is 0. The fraction of sp³-hybridized carbons (Fsp3) is 0.450. The van der Waals surface area contributed by atoms with Gasteiger partial charge in [-0.05, 0) is 42.9 Å². The molecule has 0 bridgehead atoms. The first-order valence-corrected chi connectivity index (χ1v) is 8.97. The molecule has 1 amide bonds. The maximum absolute atomic E-state index is 12.9.